The van der Waals surface area contributed by atoms with Crippen molar-refractivity contribution in [1.29, 1.82) is 0 Å². The molecule has 0 amide bonds. The molecule has 0 radical (unpaired) electrons. The number of benzene rings is 2. The predicted molar refractivity (Wildman–Crippen MR) is 83.3 cm³/mol. The van der Waals surface area contributed by atoms with Gasteiger partial charge in [-0.15, -0.1) is 0 Å². The van der Waals surface area contributed by atoms with Crippen molar-refractivity contribution >= 4 is 11.7 Å². The highest BCUT2D eigenvalue weighted by atomic mass is 16.6. The lowest BCUT2D eigenvalue weighted by Gasteiger charge is -2.13. The first-order valence-electron chi connectivity index (χ1n) is 6.95. The molecule has 0 aliphatic heterocycles. The molecule has 5 heteroatoms. The van der Waals surface area contributed by atoms with Gasteiger partial charge < -0.3 is 4.74 Å². The first-order valence-corrected chi connectivity index (χ1v) is 6.95. The monoisotopic (exact) mass is 299 g/mol. The Hall–Kier alpha value is -2.69. The zero-order chi connectivity index (χ0) is 16.3. The lowest BCUT2D eigenvalue weighted by atomic mass is 10.0. The van der Waals surface area contributed by atoms with E-state index in [4.69, 9.17) is 4.74 Å². The molecule has 2 rings (SSSR count). The van der Waals surface area contributed by atoms with Crippen LogP contribution in [0.2, 0.25) is 0 Å². The number of hydrogen-bond donors (Lipinski definition) is 0. The Bertz CT molecular complexity index is 722. The number of esters is 1. The lowest BCUT2D eigenvalue weighted by molar-refractivity contribution is -0.384. The van der Waals surface area contributed by atoms with E-state index in [9.17, 15) is 14.9 Å². The second-order valence-electron chi connectivity index (χ2n) is 5.39. The molecular formula is C17H17NO4. The normalized spacial score (nSPS) is 10.5. The van der Waals surface area contributed by atoms with Crippen LogP contribution in [0.4, 0.5) is 5.69 Å². The Balaban J connectivity index is 2.31. The van der Waals surface area contributed by atoms with Crippen LogP contribution in [0.25, 0.3) is 0 Å². The fourth-order valence-corrected chi connectivity index (χ4v) is 2.11. The van der Waals surface area contributed by atoms with Gasteiger partial charge in [0, 0.05) is 12.1 Å². The van der Waals surface area contributed by atoms with Gasteiger partial charge in [0.1, 0.15) is 5.75 Å². The molecule has 0 saturated heterocycles. The van der Waals surface area contributed by atoms with E-state index < -0.39 is 10.9 Å². The third-order valence-corrected chi connectivity index (χ3v) is 3.29. The highest BCUT2D eigenvalue weighted by Gasteiger charge is 2.16. The molecule has 2 aromatic carbocycles. The van der Waals surface area contributed by atoms with Gasteiger partial charge in [0.15, 0.2) is 0 Å². The highest BCUT2D eigenvalue weighted by Crippen LogP contribution is 2.28. The van der Waals surface area contributed by atoms with Crippen molar-refractivity contribution < 1.29 is 14.5 Å². The fraction of sp³-hybridized carbons (Fsp3) is 0.235. The minimum absolute atomic E-state index is 0.136. The highest BCUT2D eigenvalue weighted by molar-refractivity contribution is 5.91. The molecule has 5 nitrogen and oxygen atoms in total. The molecule has 0 fully saturated rings. The summed E-state index contributed by atoms with van der Waals surface area (Å²) in [5.74, 6) is 0.0937. The van der Waals surface area contributed by atoms with Crippen LogP contribution < -0.4 is 4.74 Å². The van der Waals surface area contributed by atoms with Gasteiger partial charge >= 0.3 is 5.97 Å². The van der Waals surface area contributed by atoms with E-state index in [2.05, 4.69) is 0 Å². The molecule has 0 unspecified atom stereocenters. The number of hydrogen-bond acceptors (Lipinski definition) is 4. The maximum absolute atomic E-state index is 12.2. The lowest BCUT2D eigenvalue weighted by Crippen LogP contribution is -2.10. The van der Waals surface area contributed by atoms with Crippen LogP contribution >= 0.6 is 0 Å². The molecule has 0 spiro atoms. The number of carbonyl (C=O) groups excluding carboxylic acids is 1. The van der Waals surface area contributed by atoms with Gasteiger partial charge in [-0.1, -0.05) is 32.0 Å². The number of carbonyl (C=O) groups is 1. The van der Waals surface area contributed by atoms with E-state index in [0.29, 0.717) is 5.75 Å². The maximum Gasteiger partial charge on any atom is 0.343 e. The molecular weight excluding hydrogens is 282 g/mol. The van der Waals surface area contributed by atoms with Crippen LogP contribution in [-0.2, 0) is 0 Å². The predicted octanol–water partition coefficient (Wildman–Crippen LogP) is 4.25. The SMILES string of the molecule is Cc1ccc(C(C)C)c(OC(=O)c2cccc([N+](=O)[O-])c2)c1. The number of non-ortho nitro benzene ring substituents is 1. The Morgan fingerprint density at radius 3 is 2.55 bits per heavy atom. The maximum atomic E-state index is 12.2. The summed E-state index contributed by atoms with van der Waals surface area (Å²) in [6, 6.07) is 11.2. The van der Waals surface area contributed by atoms with Crippen molar-refractivity contribution in [3.05, 3.63) is 69.3 Å². The van der Waals surface area contributed by atoms with Gasteiger partial charge in [0.05, 0.1) is 10.5 Å². The van der Waals surface area contributed by atoms with Crippen LogP contribution in [0.5, 0.6) is 5.75 Å². The molecule has 0 atom stereocenters. The van der Waals surface area contributed by atoms with E-state index >= 15 is 0 Å². The third kappa shape index (κ3) is 3.49. The Morgan fingerprint density at radius 1 is 1.18 bits per heavy atom. The summed E-state index contributed by atoms with van der Waals surface area (Å²) >= 11 is 0. The quantitative estimate of drug-likeness (QED) is 0.366. The van der Waals surface area contributed by atoms with Gasteiger partial charge in [-0.3, -0.25) is 10.1 Å². The molecule has 114 valence electrons. The first-order chi connectivity index (χ1) is 10.4. The first kappa shape index (κ1) is 15.7. The molecule has 0 N–H and O–H groups in total. The number of nitro groups is 1. The van der Waals surface area contributed by atoms with E-state index in [1.54, 1.807) is 6.07 Å². The summed E-state index contributed by atoms with van der Waals surface area (Å²) in [5.41, 5.74) is 1.92. The molecule has 0 heterocycles. The average Bonchev–Trinajstić information content (AvgIpc) is 2.47. The van der Waals surface area contributed by atoms with Gasteiger partial charge in [-0.2, -0.15) is 0 Å². The molecule has 0 aliphatic carbocycles. The van der Waals surface area contributed by atoms with Crippen molar-refractivity contribution in [1.82, 2.24) is 0 Å². The number of ether oxygens (including phenoxy) is 1. The van der Waals surface area contributed by atoms with Crippen molar-refractivity contribution in [3.63, 3.8) is 0 Å². The zero-order valence-corrected chi connectivity index (χ0v) is 12.7. The van der Waals surface area contributed by atoms with Crippen LogP contribution in [0.3, 0.4) is 0 Å². The van der Waals surface area contributed by atoms with Gasteiger partial charge in [0.2, 0.25) is 0 Å². The number of rotatable bonds is 4. The summed E-state index contributed by atoms with van der Waals surface area (Å²) in [6.45, 7) is 5.93. The number of nitrogens with zero attached hydrogens (tertiary/aromatic N) is 1. The minimum atomic E-state index is -0.601. The Kier molecular flexibility index (Phi) is 4.56. The third-order valence-electron chi connectivity index (χ3n) is 3.29. The second kappa shape index (κ2) is 6.39. The smallest absolute Gasteiger partial charge is 0.343 e. The zero-order valence-electron chi connectivity index (χ0n) is 12.7. The van der Waals surface area contributed by atoms with E-state index in [-0.39, 0.29) is 17.2 Å². The summed E-state index contributed by atoms with van der Waals surface area (Å²) in [6.07, 6.45) is 0. The van der Waals surface area contributed by atoms with Gasteiger partial charge in [0.25, 0.3) is 5.69 Å². The molecule has 0 aromatic heterocycles. The topological polar surface area (TPSA) is 69.4 Å². The fourth-order valence-electron chi connectivity index (χ4n) is 2.11. The molecule has 0 bridgehead atoms. The second-order valence-corrected chi connectivity index (χ2v) is 5.39. The number of aryl methyl sites for hydroxylation is 1. The van der Waals surface area contributed by atoms with Crippen molar-refractivity contribution in [3.8, 4) is 5.75 Å². The summed E-state index contributed by atoms with van der Waals surface area (Å²) in [5, 5.41) is 10.8. The van der Waals surface area contributed by atoms with E-state index in [1.165, 1.54) is 24.3 Å². The Morgan fingerprint density at radius 2 is 1.91 bits per heavy atom. The molecule has 22 heavy (non-hydrogen) atoms. The molecule has 0 saturated carbocycles. The minimum Gasteiger partial charge on any atom is -0.423 e. The molecule has 2 aromatic rings. The number of nitro benzene ring substituents is 1. The van der Waals surface area contributed by atoms with Crippen molar-refractivity contribution in [2.45, 2.75) is 26.7 Å². The van der Waals surface area contributed by atoms with Crippen LogP contribution in [0, 0.1) is 17.0 Å². The summed E-state index contributed by atoms with van der Waals surface area (Å²) in [4.78, 5) is 22.5. The van der Waals surface area contributed by atoms with Crippen LogP contribution in [0.15, 0.2) is 42.5 Å². The largest absolute Gasteiger partial charge is 0.423 e. The van der Waals surface area contributed by atoms with Crippen LogP contribution in [-0.4, -0.2) is 10.9 Å². The van der Waals surface area contributed by atoms with Gasteiger partial charge in [-0.25, -0.2) is 4.79 Å². The van der Waals surface area contributed by atoms with Crippen LogP contribution in [0.1, 0.15) is 41.3 Å². The van der Waals surface area contributed by atoms with E-state index in [1.807, 2.05) is 32.9 Å². The average molecular weight is 299 g/mol. The standard InChI is InChI=1S/C17H17NO4/c1-11(2)15-8-7-12(3)9-16(15)22-17(19)13-5-4-6-14(10-13)18(20)21/h4-11H,1-3H3. The van der Waals surface area contributed by atoms with Crippen molar-refractivity contribution in [2.24, 2.45) is 0 Å². The van der Waals surface area contributed by atoms with E-state index in [0.717, 1.165) is 11.1 Å². The van der Waals surface area contributed by atoms with Crippen molar-refractivity contribution in [2.75, 3.05) is 0 Å². The summed E-state index contributed by atoms with van der Waals surface area (Å²) in [7, 11) is 0. The van der Waals surface area contributed by atoms with Gasteiger partial charge in [-0.05, 0) is 36.1 Å². The summed E-state index contributed by atoms with van der Waals surface area (Å²) < 4.78 is 5.45. The molecule has 0 aliphatic rings. The Labute approximate surface area is 128 Å².